The zero-order chi connectivity index (χ0) is 27.4. The number of amides is 1. The maximum atomic E-state index is 14.0. The van der Waals surface area contributed by atoms with Gasteiger partial charge in [-0.15, -0.1) is 11.6 Å². The molecule has 2 rings (SSSR count). The highest BCUT2D eigenvalue weighted by Gasteiger charge is 2.39. The number of piperidine rings is 1. The van der Waals surface area contributed by atoms with Gasteiger partial charge in [0.2, 0.25) is 5.91 Å². The van der Waals surface area contributed by atoms with Crippen molar-refractivity contribution in [1.82, 2.24) is 20.4 Å². The summed E-state index contributed by atoms with van der Waals surface area (Å²) in [5.41, 5.74) is 13.8. The number of alkyl halides is 1. The van der Waals surface area contributed by atoms with Gasteiger partial charge in [0, 0.05) is 57.6 Å². The highest BCUT2D eigenvalue weighted by molar-refractivity contribution is 6.28. The van der Waals surface area contributed by atoms with Gasteiger partial charge >= 0.3 is 0 Å². The molecule has 0 radical (unpaired) electrons. The minimum Gasteiger partial charge on any atom is -0.350 e. The number of aliphatic imine (C=N–C) groups is 1. The summed E-state index contributed by atoms with van der Waals surface area (Å²) in [6.45, 7) is 16.6. The Kier molecular flexibility index (Phi) is 14.6. The van der Waals surface area contributed by atoms with Crippen molar-refractivity contribution in [3.05, 3.63) is 11.6 Å². The number of carbonyl (C=O) groups excluding carboxylic acids is 1. The number of hydrogen-bond donors (Lipinski definition) is 4. The monoisotopic (exact) mass is 539 g/mol. The fourth-order valence-corrected chi connectivity index (χ4v) is 5.86. The van der Waals surface area contributed by atoms with Crippen molar-refractivity contribution in [2.24, 2.45) is 22.4 Å². The maximum absolute atomic E-state index is 14.0. The molecule has 8 nitrogen and oxygen atoms in total. The van der Waals surface area contributed by atoms with Gasteiger partial charge in [0.1, 0.15) is 0 Å². The summed E-state index contributed by atoms with van der Waals surface area (Å²) in [5.74, 6) is -0.781. The average molecular weight is 540 g/mol. The first kappa shape index (κ1) is 32.2. The van der Waals surface area contributed by atoms with Crippen LogP contribution in [0.15, 0.2) is 16.6 Å². The Hall–Kier alpha value is -1.03. The van der Waals surface area contributed by atoms with E-state index < -0.39 is 18.1 Å². The minimum absolute atomic E-state index is 0.0167. The SMILES string of the molecule is CCC(=CC(/N=C\C(Cl)CC)C(C(=O)NC1CN(C(CC)CC)CCC1N1CCNCC1)C(N)N)CC. The summed E-state index contributed by atoms with van der Waals surface area (Å²) in [6, 6.07) is 0.405. The fraction of sp³-hybridized carbons (Fsp3) is 0.857. The molecule has 1 amide bonds. The molecule has 2 heterocycles. The number of nitrogens with two attached hydrogens (primary N) is 2. The molecule has 0 bridgehead atoms. The van der Waals surface area contributed by atoms with E-state index in [-0.39, 0.29) is 17.3 Å². The van der Waals surface area contributed by atoms with Crippen LogP contribution in [0.2, 0.25) is 0 Å². The van der Waals surface area contributed by atoms with E-state index >= 15 is 0 Å². The van der Waals surface area contributed by atoms with Crippen LogP contribution in [0.4, 0.5) is 0 Å². The van der Waals surface area contributed by atoms with Gasteiger partial charge in [-0.05, 0) is 38.5 Å². The molecule has 0 aromatic rings. The largest absolute Gasteiger partial charge is 0.350 e. The number of hydrogen-bond acceptors (Lipinski definition) is 7. The van der Waals surface area contributed by atoms with E-state index in [1.807, 2.05) is 6.92 Å². The molecule has 5 atom stereocenters. The van der Waals surface area contributed by atoms with Crippen molar-refractivity contribution in [3.8, 4) is 0 Å². The van der Waals surface area contributed by atoms with Gasteiger partial charge in [-0.1, -0.05) is 46.3 Å². The van der Waals surface area contributed by atoms with E-state index in [0.717, 1.165) is 77.8 Å². The Morgan fingerprint density at radius 1 is 1.08 bits per heavy atom. The lowest BCUT2D eigenvalue weighted by Crippen LogP contribution is -2.65. The molecule has 2 fully saturated rings. The van der Waals surface area contributed by atoms with Gasteiger partial charge < -0.3 is 22.1 Å². The van der Waals surface area contributed by atoms with Gasteiger partial charge in [-0.3, -0.25) is 19.6 Å². The van der Waals surface area contributed by atoms with Crippen molar-refractivity contribution >= 4 is 23.7 Å². The normalized spacial score (nSPS) is 24.4. The zero-order valence-electron chi connectivity index (χ0n) is 24.0. The Morgan fingerprint density at radius 3 is 2.27 bits per heavy atom. The molecular formula is C28H54ClN7O. The van der Waals surface area contributed by atoms with E-state index in [1.165, 1.54) is 5.57 Å². The van der Waals surface area contributed by atoms with Gasteiger partial charge in [-0.25, -0.2) is 0 Å². The van der Waals surface area contributed by atoms with Crippen molar-refractivity contribution in [3.63, 3.8) is 0 Å². The molecule has 2 saturated heterocycles. The molecule has 0 aliphatic carbocycles. The summed E-state index contributed by atoms with van der Waals surface area (Å²) in [7, 11) is 0. The first-order chi connectivity index (χ1) is 17.8. The number of piperazine rings is 1. The van der Waals surface area contributed by atoms with Crippen LogP contribution in [0.25, 0.3) is 0 Å². The van der Waals surface area contributed by atoms with Crippen LogP contribution in [0, 0.1) is 5.92 Å². The van der Waals surface area contributed by atoms with Gasteiger partial charge in [0.05, 0.1) is 29.5 Å². The first-order valence-electron chi connectivity index (χ1n) is 14.7. The molecule has 0 aromatic carbocycles. The summed E-state index contributed by atoms with van der Waals surface area (Å²) in [5, 5.41) is 6.70. The Bertz CT molecular complexity index is 715. The highest BCUT2D eigenvalue weighted by atomic mass is 35.5. The van der Waals surface area contributed by atoms with Gasteiger partial charge in [0.25, 0.3) is 0 Å². The first-order valence-corrected chi connectivity index (χ1v) is 15.1. The van der Waals surface area contributed by atoms with Crippen LogP contribution in [0.3, 0.4) is 0 Å². The zero-order valence-corrected chi connectivity index (χ0v) is 24.7. The topological polar surface area (TPSA) is 112 Å². The quantitative estimate of drug-likeness (QED) is 0.117. The van der Waals surface area contributed by atoms with E-state index in [2.05, 4.69) is 54.2 Å². The molecule has 37 heavy (non-hydrogen) atoms. The summed E-state index contributed by atoms with van der Waals surface area (Å²) < 4.78 is 0. The molecule has 0 aromatic heterocycles. The number of rotatable bonds is 14. The van der Waals surface area contributed by atoms with Crippen molar-refractivity contribution in [2.75, 3.05) is 39.3 Å². The van der Waals surface area contributed by atoms with Crippen molar-refractivity contribution in [1.29, 1.82) is 0 Å². The number of carbonyl (C=O) groups is 1. The third-order valence-corrected chi connectivity index (χ3v) is 8.65. The van der Waals surface area contributed by atoms with E-state index in [0.29, 0.717) is 12.1 Å². The smallest absolute Gasteiger partial charge is 0.228 e. The molecule has 2 aliphatic heterocycles. The second-order valence-electron chi connectivity index (χ2n) is 10.6. The van der Waals surface area contributed by atoms with Crippen LogP contribution in [0.5, 0.6) is 0 Å². The molecule has 6 N–H and O–H groups in total. The summed E-state index contributed by atoms with van der Waals surface area (Å²) in [4.78, 5) is 23.8. The molecule has 0 spiro atoms. The van der Waals surface area contributed by atoms with E-state index in [9.17, 15) is 4.79 Å². The van der Waals surface area contributed by atoms with Crippen molar-refractivity contribution in [2.45, 2.75) is 109 Å². The molecule has 5 unspecified atom stereocenters. The minimum atomic E-state index is -0.833. The number of nitrogens with zero attached hydrogens (tertiary/aromatic N) is 3. The lowest BCUT2D eigenvalue weighted by molar-refractivity contribution is -0.127. The van der Waals surface area contributed by atoms with E-state index in [1.54, 1.807) is 6.21 Å². The molecular weight excluding hydrogens is 486 g/mol. The fourth-order valence-electron chi connectivity index (χ4n) is 5.80. The third-order valence-electron chi connectivity index (χ3n) is 8.22. The number of allylic oxidation sites excluding steroid dienone is 1. The predicted molar refractivity (Wildman–Crippen MR) is 157 cm³/mol. The summed E-state index contributed by atoms with van der Waals surface area (Å²) >= 11 is 6.36. The van der Waals surface area contributed by atoms with Crippen LogP contribution >= 0.6 is 11.6 Å². The van der Waals surface area contributed by atoms with Crippen LogP contribution in [-0.4, -0.2) is 96.9 Å². The summed E-state index contributed by atoms with van der Waals surface area (Å²) in [6.07, 6.45) is 8.82. The van der Waals surface area contributed by atoms with Gasteiger partial charge in [-0.2, -0.15) is 0 Å². The Morgan fingerprint density at radius 2 is 1.73 bits per heavy atom. The maximum Gasteiger partial charge on any atom is 0.228 e. The lowest BCUT2D eigenvalue weighted by Gasteiger charge is -2.47. The highest BCUT2D eigenvalue weighted by Crippen LogP contribution is 2.24. The predicted octanol–water partition coefficient (Wildman–Crippen LogP) is 2.70. The standard InChI is InChI=1S/C28H54ClN7O/c1-6-20(7-2)17-23(33-18-21(29)8-3)26(27(30)31)28(37)34-24-19-36(22(9-4)10-5)14-11-25(24)35-15-12-32-13-16-35/h17-18,21-27,32H,6-16,19,30-31H2,1-5H3,(H,34,37)/b33-18-. The third kappa shape index (κ3) is 9.59. The van der Waals surface area contributed by atoms with Crippen molar-refractivity contribution < 1.29 is 4.79 Å². The molecule has 0 saturated carbocycles. The second-order valence-corrected chi connectivity index (χ2v) is 11.1. The Balaban J connectivity index is 2.34. The van der Waals surface area contributed by atoms with Crippen LogP contribution in [0.1, 0.15) is 73.1 Å². The second kappa shape index (κ2) is 16.8. The molecule has 9 heteroatoms. The molecule has 2 aliphatic rings. The number of halogens is 1. The van der Waals surface area contributed by atoms with Crippen LogP contribution < -0.4 is 22.1 Å². The van der Waals surface area contributed by atoms with E-state index in [4.69, 9.17) is 28.1 Å². The number of nitrogens with one attached hydrogen (secondary N) is 2. The van der Waals surface area contributed by atoms with Gasteiger partial charge in [0.15, 0.2) is 0 Å². The number of likely N-dealkylation sites (tertiary alicyclic amines) is 1. The Labute approximate surface area is 231 Å². The lowest BCUT2D eigenvalue weighted by atomic mass is 9.90. The molecule has 214 valence electrons. The average Bonchev–Trinajstić information content (AvgIpc) is 2.90. The van der Waals surface area contributed by atoms with Crippen LogP contribution in [-0.2, 0) is 4.79 Å².